The van der Waals surface area contributed by atoms with Crippen LogP contribution < -0.4 is 22.3 Å². The van der Waals surface area contributed by atoms with Crippen LogP contribution >= 0.6 is 23.1 Å². The van der Waals surface area contributed by atoms with Crippen molar-refractivity contribution < 1.29 is 9.21 Å². The molecule has 0 unspecified atom stereocenters. The van der Waals surface area contributed by atoms with Crippen molar-refractivity contribution in [3.05, 3.63) is 50.6 Å². The van der Waals surface area contributed by atoms with Gasteiger partial charge in [0.15, 0.2) is 10.1 Å². The van der Waals surface area contributed by atoms with Gasteiger partial charge in [-0.2, -0.15) is 0 Å². The Morgan fingerprint density at radius 1 is 1.37 bits per heavy atom. The number of anilines is 2. The number of ketones is 1. The van der Waals surface area contributed by atoms with Crippen molar-refractivity contribution in [2.24, 2.45) is 13.0 Å². The van der Waals surface area contributed by atoms with E-state index >= 15 is 0 Å². The molecule has 0 fully saturated rings. The molecule has 3 heterocycles. The molecule has 0 amide bonds. The van der Waals surface area contributed by atoms with Crippen molar-refractivity contribution in [1.82, 2.24) is 19.3 Å². The van der Waals surface area contributed by atoms with E-state index in [0.29, 0.717) is 22.6 Å². The zero-order valence-electron chi connectivity index (χ0n) is 16.7. The fraction of sp³-hybridized carbons (Fsp3) is 0.389. The number of hydrogen-bond donors (Lipinski definition) is 2. The quantitative estimate of drug-likeness (QED) is 0.369. The second-order valence-electron chi connectivity index (χ2n) is 6.93. The second-order valence-corrected chi connectivity index (χ2v) is 9.13. The lowest BCUT2D eigenvalue weighted by Gasteiger charge is -2.15. The molecule has 0 radical (unpaired) electrons. The molecule has 0 aliphatic rings. The van der Waals surface area contributed by atoms with Crippen LogP contribution in [0.4, 0.5) is 10.9 Å². The normalized spacial score (nSPS) is 11.2. The predicted molar refractivity (Wildman–Crippen MR) is 116 cm³/mol. The lowest BCUT2D eigenvalue weighted by molar-refractivity contribution is 0.102. The molecule has 12 heteroatoms. The molecule has 0 saturated heterocycles. The van der Waals surface area contributed by atoms with Gasteiger partial charge in [-0.15, -0.1) is 10.2 Å². The van der Waals surface area contributed by atoms with Gasteiger partial charge >= 0.3 is 5.69 Å². The molecule has 10 nitrogen and oxygen atoms in total. The zero-order chi connectivity index (χ0) is 21.8. The summed E-state index contributed by atoms with van der Waals surface area (Å²) in [6.45, 7) is 4.62. The number of carbonyl (C=O) groups is 1. The Hall–Kier alpha value is -2.86. The summed E-state index contributed by atoms with van der Waals surface area (Å²) in [4.78, 5) is 37.6. The molecule has 0 aromatic carbocycles. The minimum absolute atomic E-state index is 0.0495. The monoisotopic (exact) mass is 450 g/mol. The highest BCUT2D eigenvalue weighted by Gasteiger charge is 2.22. The highest BCUT2D eigenvalue weighted by molar-refractivity contribution is 8.01. The molecule has 0 atom stereocenters. The summed E-state index contributed by atoms with van der Waals surface area (Å²) in [5, 5.41) is 11.7. The summed E-state index contributed by atoms with van der Waals surface area (Å²) in [5.41, 5.74) is 4.63. The topological polar surface area (TPSA) is 138 Å². The van der Waals surface area contributed by atoms with E-state index in [0.717, 1.165) is 22.1 Å². The SMILES string of the molecule is CC(C)Cn1c(N)c(C(=O)CSc2nnc(NCc3ccco3)s2)c(=O)n(C)c1=O. The van der Waals surface area contributed by atoms with Gasteiger partial charge in [-0.25, -0.2) is 4.79 Å². The van der Waals surface area contributed by atoms with Gasteiger partial charge in [0.2, 0.25) is 5.13 Å². The average Bonchev–Trinajstić information content (AvgIpc) is 3.38. The molecular weight excluding hydrogens is 428 g/mol. The first-order chi connectivity index (χ1) is 14.3. The summed E-state index contributed by atoms with van der Waals surface area (Å²) in [6.07, 6.45) is 1.59. The molecule has 3 aromatic rings. The zero-order valence-corrected chi connectivity index (χ0v) is 18.4. The molecule has 0 saturated carbocycles. The fourth-order valence-electron chi connectivity index (χ4n) is 2.70. The number of nitrogens with zero attached hydrogens (tertiary/aromatic N) is 4. The molecule has 0 spiro atoms. The van der Waals surface area contributed by atoms with E-state index in [2.05, 4.69) is 15.5 Å². The minimum Gasteiger partial charge on any atom is -0.467 e. The first-order valence-electron chi connectivity index (χ1n) is 9.13. The van der Waals surface area contributed by atoms with Crippen LogP contribution in [-0.4, -0.2) is 30.9 Å². The van der Waals surface area contributed by atoms with Gasteiger partial charge in [0.25, 0.3) is 5.56 Å². The third-order valence-corrected chi connectivity index (χ3v) is 6.15. The number of nitrogens with two attached hydrogens (primary N) is 1. The van der Waals surface area contributed by atoms with Gasteiger partial charge in [-0.05, 0) is 18.1 Å². The predicted octanol–water partition coefficient (Wildman–Crippen LogP) is 1.82. The minimum atomic E-state index is -0.693. The molecule has 30 heavy (non-hydrogen) atoms. The molecule has 0 aliphatic heterocycles. The van der Waals surface area contributed by atoms with E-state index in [1.165, 1.54) is 23.0 Å². The number of furan rings is 1. The summed E-state index contributed by atoms with van der Waals surface area (Å²) < 4.78 is 7.99. The van der Waals surface area contributed by atoms with Crippen LogP contribution in [-0.2, 0) is 20.1 Å². The Bertz CT molecular complexity index is 1150. The Morgan fingerprint density at radius 3 is 2.80 bits per heavy atom. The van der Waals surface area contributed by atoms with E-state index in [9.17, 15) is 14.4 Å². The van der Waals surface area contributed by atoms with Crippen LogP contribution in [0.5, 0.6) is 0 Å². The molecule has 3 rings (SSSR count). The number of rotatable bonds is 9. The first kappa shape index (κ1) is 21.8. The Labute approximate surface area is 180 Å². The lowest BCUT2D eigenvalue weighted by atomic mass is 10.2. The standard InChI is InChI=1S/C18H22N6O4S2/c1-10(2)8-24-14(19)13(15(26)23(3)18(24)27)12(25)9-29-17-22-21-16(30-17)20-7-11-5-4-6-28-11/h4-6,10H,7-9,19H2,1-3H3,(H,20,21). The molecule has 0 bridgehead atoms. The van der Waals surface area contributed by atoms with Crippen molar-refractivity contribution in [2.45, 2.75) is 31.3 Å². The van der Waals surface area contributed by atoms with Gasteiger partial charge < -0.3 is 15.5 Å². The Morgan fingerprint density at radius 2 is 2.13 bits per heavy atom. The van der Waals surface area contributed by atoms with Crippen molar-refractivity contribution >= 4 is 39.8 Å². The van der Waals surface area contributed by atoms with E-state index in [4.69, 9.17) is 10.2 Å². The van der Waals surface area contributed by atoms with Gasteiger partial charge in [0.1, 0.15) is 17.1 Å². The summed E-state index contributed by atoms with van der Waals surface area (Å²) >= 11 is 2.44. The number of thioether (sulfide) groups is 1. The first-order valence-corrected chi connectivity index (χ1v) is 10.9. The number of carbonyl (C=O) groups excluding carboxylic acids is 1. The Kier molecular flexibility index (Phi) is 6.77. The molecule has 160 valence electrons. The third kappa shape index (κ3) is 4.82. The van der Waals surface area contributed by atoms with Crippen molar-refractivity contribution in [3.8, 4) is 0 Å². The molecule has 3 N–H and O–H groups in total. The second kappa shape index (κ2) is 9.30. The van der Waals surface area contributed by atoms with Crippen molar-refractivity contribution in [3.63, 3.8) is 0 Å². The van der Waals surface area contributed by atoms with Crippen LogP contribution in [0.25, 0.3) is 0 Å². The van der Waals surface area contributed by atoms with Crippen molar-refractivity contribution in [2.75, 3.05) is 16.8 Å². The van der Waals surface area contributed by atoms with Crippen molar-refractivity contribution in [1.29, 1.82) is 0 Å². The maximum Gasteiger partial charge on any atom is 0.332 e. The highest BCUT2D eigenvalue weighted by Crippen LogP contribution is 2.26. The largest absolute Gasteiger partial charge is 0.467 e. The van der Waals surface area contributed by atoms with Crippen LogP contribution in [0.15, 0.2) is 36.7 Å². The van der Waals surface area contributed by atoms with Crippen LogP contribution in [0.2, 0.25) is 0 Å². The summed E-state index contributed by atoms with van der Waals surface area (Å²) in [7, 11) is 1.34. The number of aromatic nitrogens is 4. The van der Waals surface area contributed by atoms with Crippen LogP contribution in [0.3, 0.4) is 0 Å². The maximum absolute atomic E-state index is 12.7. The lowest BCUT2D eigenvalue weighted by Crippen LogP contribution is -2.43. The van der Waals surface area contributed by atoms with E-state index < -0.39 is 17.0 Å². The van der Waals surface area contributed by atoms with Gasteiger partial charge in [0, 0.05) is 13.6 Å². The van der Waals surface area contributed by atoms with E-state index in [-0.39, 0.29) is 23.1 Å². The molecule has 0 aliphatic carbocycles. The summed E-state index contributed by atoms with van der Waals surface area (Å²) in [6, 6.07) is 3.64. The number of nitrogens with one attached hydrogen (secondary N) is 1. The van der Waals surface area contributed by atoms with Gasteiger partial charge in [-0.1, -0.05) is 36.9 Å². The third-order valence-electron chi connectivity index (χ3n) is 4.14. The summed E-state index contributed by atoms with van der Waals surface area (Å²) in [5.74, 6) is 0.272. The molecule has 3 aromatic heterocycles. The van der Waals surface area contributed by atoms with E-state index in [1.807, 2.05) is 19.9 Å². The number of hydrogen-bond acceptors (Lipinski definition) is 10. The van der Waals surface area contributed by atoms with Gasteiger partial charge in [-0.3, -0.25) is 18.7 Å². The van der Waals surface area contributed by atoms with Crippen LogP contribution in [0, 0.1) is 5.92 Å². The maximum atomic E-state index is 12.7. The number of Topliss-reactive ketones (excluding diaryl/α,β-unsaturated/α-hetero) is 1. The smallest absolute Gasteiger partial charge is 0.332 e. The molecular formula is C18H22N6O4S2. The number of nitrogen functional groups attached to an aromatic ring is 1. The van der Waals surface area contributed by atoms with Gasteiger partial charge in [0.05, 0.1) is 18.6 Å². The highest BCUT2D eigenvalue weighted by atomic mass is 32.2. The van der Waals surface area contributed by atoms with E-state index in [1.54, 1.807) is 12.3 Å². The van der Waals surface area contributed by atoms with Crippen LogP contribution in [0.1, 0.15) is 30.0 Å². The fourth-order valence-corrected chi connectivity index (χ4v) is 4.32. The average molecular weight is 451 g/mol. The Balaban J connectivity index is 1.71.